The SMILES string of the molecule is CN=C(NCc1ccc(COCC(F)(F)F)cc1)N1CCC(C)(C)C1. The minimum atomic E-state index is -4.29. The van der Waals surface area contributed by atoms with Crippen LogP contribution in [0.1, 0.15) is 31.4 Å². The number of hydrogen-bond donors (Lipinski definition) is 1. The molecule has 0 aromatic heterocycles. The van der Waals surface area contributed by atoms with Gasteiger partial charge in [-0.25, -0.2) is 0 Å². The zero-order valence-electron chi connectivity index (χ0n) is 15.0. The van der Waals surface area contributed by atoms with Gasteiger partial charge >= 0.3 is 6.18 Å². The van der Waals surface area contributed by atoms with Gasteiger partial charge in [0.25, 0.3) is 0 Å². The number of likely N-dealkylation sites (tertiary alicyclic amines) is 1. The zero-order chi connectivity index (χ0) is 18.5. The Labute approximate surface area is 147 Å². The third kappa shape index (κ3) is 6.57. The molecule has 25 heavy (non-hydrogen) atoms. The highest BCUT2D eigenvalue weighted by Crippen LogP contribution is 2.28. The molecule has 1 heterocycles. The molecule has 1 saturated heterocycles. The summed E-state index contributed by atoms with van der Waals surface area (Å²) in [5.74, 6) is 0.878. The summed E-state index contributed by atoms with van der Waals surface area (Å²) >= 11 is 0. The van der Waals surface area contributed by atoms with Crippen LogP contribution in [0.2, 0.25) is 0 Å². The molecule has 2 rings (SSSR count). The van der Waals surface area contributed by atoms with Gasteiger partial charge in [-0.1, -0.05) is 38.1 Å². The molecule has 0 radical (unpaired) electrons. The van der Waals surface area contributed by atoms with Gasteiger partial charge in [0, 0.05) is 26.7 Å². The van der Waals surface area contributed by atoms with Crippen molar-refractivity contribution < 1.29 is 17.9 Å². The summed E-state index contributed by atoms with van der Waals surface area (Å²) in [5.41, 5.74) is 2.06. The maximum Gasteiger partial charge on any atom is 0.411 e. The second kappa shape index (κ2) is 8.08. The van der Waals surface area contributed by atoms with Gasteiger partial charge in [-0.05, 0) is 23.0 Å². The Morgan fingerprint density at radius 3 is 2.40 bits per heavy atom. The Kier molecular flexibility index (Phi) is 6.32. The molecule has 1 N–H and O–H groups in total. The third-order valence-corrected chi connectivity index (χ3v) is 4.20. The van der Waals surface area contributed by atoms with Crippen molar-refractivity contribution in [3.8, 4) is 0 Å². The molecule has 0 unspecified atom stereocenters. The Balaban J connectivity index is 1.81. The fourth-order valence-corrected chi connectivity index (χ4v) is 2.84. The van der Waals surface area contributed by atoms with Gasteiger partial charge in [-0.2, -0.15) is 13.2 Å². The van der Waals surface area contributed by atoms with Crippen LogP contribution in [-0.4, -0.2) is 43.8 Å². The lowest BCUT2D eigenvalue weighted by molar-refractivity contribution is -0.176. The van der Waals surface area contributed by atoms with E-state index < -0.39 is 12.8 Å². The Morgan fingerprint density at radius 1 is 1.24 bits per heavy atom. The van der Waals surface area contributed by atoms with Crippen molar-refractivity contribution in [3.05, 3.63) is 35.4 Å². The van der Waals surface area contributed by atoms with E-state index in [0.29, 0.717) is 12.0 Å². The summed E-state index contributed by atoms with van der Waals surface area (Å²) in [6.45, 7) is 5.81. The van der Waals surface area contributed by atoms with Crippen molar-refractivity contribution in [3.63, 3.8) is 0 Å². The van der Waals surface area contributed by atoms with Gasteiger partial charge < -0.3 is 15.0 Å². The van der Waals surface area contributed by atoms with E-state index in [1.165, 1.54) is 0 Å². The highest BCUT2D eigenvalue weighted by atomic mass is 19.4. The van der Waals surface area contributed by atoms with E-state index in [1.807, 2.05) is 12.1 Å². The number of benzene rings is 1. The van der Waals surface area contributed by atoms with Gasteiger partial charge in [-0.3, -0.25) is 4.99 Å². The van der Waals surface area contributed by atoms with E-state index in [1.54, 1.807) is 19.2 Å². The predicted molar refractivity (Wildman–Crippen MR) is 92.3 cm³/mol. The van der Waals surface area contributed by atoms with Crippen molar-refractivity contribution in [2.24, 2.45) is 10.4 Å². The monoisotopic (exact) mass is 357 g/mol. The lowest BCUT2D eigenvalue weighted by Gasteiger charge is -2.23. The van der Waals surface area contributed by atoms with Crippen molar-refractivity contribution in [2.45, 2.75) is 39.6 Å². The maximum absolute atomic E-state index is 12.1. The normalized spacial score (nSPS) is 17.8. The highest BCUT2D eigenvalue weighted by Gasteiger charge is 2.30. The summed E-state index contributed by atoms with van der Waals surface area (Å²) in [6, 6.07) is 7.35. The number of nitrogens with one attached hydrogen (secondary N) is 1. The van der Waals surface area contributed by atoms with Crippen molar-refractivity contribution in [1.29, 1.82) is 0 Å². The fourth-order valence-electron chi connectivity index (χ4n) is 2.84. The molecule has 1 aromatic rings. The average Bonchev–Trinajstić information content (AvgIpc) is 2.88. The molecule has 0 atom stereocenters. The molecule has 0 bridgehead atoms. The lowest BCUT2D eigenvalue weighted by Crippen LogP contribution is -2.40. The van der Waals surface area contributed by atoms with Crippen molar-refractivity contribution in [1.82, 2.24) is 10.2 Å². The molecular weight excluding hydrogens is 331 g/mol. The molecule has 0 saturated carbocycles. The molecular formula is C18H26F3N3O. The van der Waals surface area contributed by atoms with Crippen LogP contribution in [-0.2, 0) is 17.9 Å². The number of guanidine groups is 1. The van der Waals surface area contributed by atoms with Crippen LogP contribution >= 0.6 is 0 Å². The number of aliphatic imine (C=N–C) groups is 1. The van der Waals surface area contributed by atoms with Crippen LogP contribution < -0.4 is 5.32 Å². The first-order valence-electron chi connectivity index (χ1n) is 8.36. The van der Waals surface area contributed by atoms with Gasteiger partial charge in [0.15, 0.2) is 5.96 Å². The largest absolute Gasteiger partial charge is 0.411 e. The number of nitrogens with zero attached hydrogens (tertiary/aromatic N) is 2. The Morgan fingerprint density at radius 2 is 1.88 bits per heavy atom. The van der Waals surface area contributed by atoms with Crippen LogP contribution in [0.15, 0.2) is 29.3 Å². The molecule has 140 valence electrons. The second-order valence-corrected chi connectivity index (χ2v) is 7.16. The number of hydrogen-bond acceptors (Lipinski definition) is 2. The molecule has 0 aliphatic carbocycles. The van der Waals surface area contributed by atoms with Crippen molar-refractivity contribution in [2.75, 3.05) is 26.7 Å². The smallest absolute Gasteiger partial charge is 0.367 e. The van der Waals surface area contributed by atoms with Gasteiger partial charge in [0.1, 0.15) is 6.61 Å². The summed E-state index contributed by atoms with van der Waals surface area (Å²) in [6.07, 6.45) is -3.15. The molecule has 0 spiro atoms. The van der Waals surface area contributed by atoms with Gasteiger partial charge in [-0.15, -0.1) is 0 Å². The molecule has 1 aromatic carbocycles. The quantitative estimate of drug-likeness (QED) is 0.647. The van der Waals surface area contributed by atoms with Crippen molar-refractivity contribution >= 4 is 5.96 Å². The number of ether oxygens (including phenoxy) is 1. The van der Waals surface area contributed by atoms with Crippen LogP contribution in [0.4, 0.5) is 13.2 Å². The second-order valence-electron chi connectivity index (χ2n) is 7.16. The zero-order valence-corrected chi connectivity index (χ0v) is 15.0. The topological polar surface area (TPSA) is 36.9 Å². The van der Waals surface area contributed by atoms with Gasteiger partial charge in [0.2, 0.25) is 0 Å². The first kappa shape index (κ1) is 19.6. The molecule has 1 aliphatic heterocycles. The van der Waals surface area contributed by atoms with Crippen LogP contribution in [0, 0.1) is 5.41 Å². The molecule has 1 fully saturated rings. The van der Waals surface area contributed by atoms with Crippen LogP contribution in [0.3, 0.4) is 0 Å². The third-order valence-electron chi connectivity index (χ3n) is 4.20. The van der Waals surface area contributed by atoms with Crippen LogP contribution in [0.25, 0.3) is 0 Å². The molecule has 0 amide bonds. The summed E-state index contributed by atoms with van der Waals surface area (Å²) in [5, 5.41) is 3.34. The summed E-state index contributed by atoms with van der Waals surface area (Å²) < 4.78 is 40.8. The first-order valence-corrected chi connectivity index (χ1v) is 8.36. The van der Waals surface area contributed by atoms with Crippen LogP contribution in [0.5, 0.6) is 0 Å². The Bertz CT molecular complexity index is 582. The first-order chi connectivity index (χ1) is 11.7. The molecule has 7 heteroatoms. The van der Waals surface area contributed by atoms with Gasteiger partial charge in [0.05, 0.1) is 6.61 Å². The Hall–Kier alpha value is -1.76. The molecule has 1 aliphatic rings. The van der Waals surface area contributed by atoms with E-state index in [0.717, 1.165) is 36.6 Å². The average molecular weight is 357 g/mol. The highest BCUT2D eigenvalue weighted by molar-refractivity contribution is 5.80. The number of halogens is 3. The maximum atomic E-state index is 12.1. The minimum absolute atomic E-state index is 0.0439. The molecule has 4 nitrogen and oxygen atoms in total. The van der Waals surface area contributed by atoms with E-state index >= 15 is 0 Å². The predicted octanol–water partition coefficient (Wildman–Crippen LogP) is 3.57. The van der Waals surface area contributed by atoms with E-state index in [9.17, 15) is 13.2 Å². The summed E-state index contributed by atoms with van der Waals surface area (Å²) in [4.78, 5) is 6.59. The number of alkyl halides is 3. The van der Waals surface area contributed by atoms with E-state index in [2.05, 4.69) is 33.8 Å². The van der Waals surface area contributed by atoms with E-state index in [4.69, 9.17) is 0 Å². The minimum Gasteiger partial charge on any atom is -0.367 e. The number of rotatable bonds is 5. The lowest BCUT2D eigenvalue weighted by atomic mass is 9.93. The van der Waals surface area contributed by atoms with E-state index in [-0.39, 0.29) is 6.61 Å². The summed E-state index contributed by atoms with van der Waals surface area (Å²) in [7, 11) is 1.77. The standard InChI is InChI=1S/C18H26F3N3O/c1-17(2)8-9-24(12-17)16(22-3)23-10-14-4-6-15(7-5-14)11-25-13-18(19,20)21/h4-7H,8-13H2,1-3H3,(H,22,23). The fraction of sp³-hybridized carbons (Fsp3) is 0.611.